The third-order valence-electron chi connectivity index (χ3n) is 5.78. The minimum atomic E-state index is 0.176. The molecule has 1 amide bonds. The van der Waals surface area contributed by atoms with Crippen LogP contribution in [0.1, 0.15) is 65.0 Å². The van der Waals surface area contributed by atoms with Crippen LogP contribution in [-0.2, 0) is 13.0 Å². The van der Waals surface area contributed by atoms with E-state index < -0.39 is 0 Å². The van der Waals surface area contributed by atoms with Crippen LogP contribution in [0, 0.1) is 6.92 Å². The number of fused-ring (bicyclic) bond motifs is 1. The minimum absolute atomic E-state index is 0.176. The molecule has 2 heterocycles. The van der Waals surface area contributed by atoms with Crippen molar-refractivity contribution in [3.05, 3.63) is 58.4 Å². The van der Waals surface area contributed by atoms with E-state index in [4.69, 9.17) is 9.72 Å². The van der Waals surface area contributed by atoms with Crippen LogP contribution in [0.2, 0.25) is 0 Å². The second-order valence-corrected chi connectivity index (χ2v) is 7.48. The molecule has 1 fully saturated rings. The normalized spacial score (nSPS) is 17.5. The number of ether oxygens (including phenoxy) is 1. The van der Waals surface area contributed by atoms with E-state index in [-0.39, 0.29) is 5.91 Å². The first-order valence-corrected chi connectivity index (χ1v) is 9.59. The van der Waals surface area contributed by atoms with Crippen LogP contribution in [0.4, 0.5) is 0 Å². The van der Waals surface area contributed by atoms with Crippen molar-refractivity contribution in [1.29, 1.82) is 0 Å². The van der Waals surface area contributed by atoms with Gasteiger partial charge in [-0.1, -0.05) is 31.4 Å². The maximum absolute atomic E-state index is 13.0. The van der Waals surface area contributed by atoms with E-state index in [1.807, 2.05) is 19.1 Å². The van der Waals surface area contributed by atoms with E-state index >= 15 is 0 Å². The molecule has 0 atom stereocenters. The van der Waals surface area contributed by atoms with Crippen molar-refractivity contribution < 1.29 is 9.53 Å². The number of benzene rings is 1. The Bertz CT molecular complexity index is 808. The lowest BCUT2D eigenvalue weighted by Gasteiger charge is -2.30. The van der Waals surface area contributed by atoms with Gasteiger partial charge in [0.05, 0.1) is 24.9 Å². The summed E-state index contributed by atoms with van der Waals surface area (Å²) in [6, 6.07) is 10.6. The fraction of sp³-hybridized carbons (Fsp3) is 0.455. The van der Waals surface area contributed by atoms with Gasteiger partial charge in [-0.2, -0.15) is 0 Å². The van der Waals surface area contributed by atoms with Crippen molar-refractivity contribution in [3.63, 3.8) is 0 Å². The fourth-order valence-corrected chi connectivity index (χ4v) is 4.22. The molecule has 0 saturated heterocycles. The van der Waals surface area contributed by atoms with Crippen LogP contribution >= 0.6 is 0 Å². The Kier molecular flexibility index (Phi) is 4.66. The molecule has 4 nitrogen and oxygen atoms in total. The van der Waals surface area contributed by atoms with Gasteiger partial charge in [-0.05, 0) is 55.5 Å². The highest BCUT2D eigenvalue weighted by molar-refractivity contribution is 5.98. The van der Waals surface area contributed by atoms with Crippen molar-refractivity contribution in [1.82, 2.24) is 9.88 Å². The maximum Gasteiger partial charge on any atom is 0.256 e. The monoisotopic (exact) mass is 350 g/mol. The maximum atomic E-state index is 13.0. The van der Waals surface area contributed by atoms with E-state index in [0.717, 1.165) is 47.5 Å². The van der Waals surface area contributed by atoms with Gasteiger partial charge in [0, 0.05) is 11.7 Å². The van der Waals surface area contributed by atoms with Gasteiger partial charge >= 0.3 is 0 Å². The largest absolute Gasteiger partial charge is 0.497 e. The number of carbonyl (C=O) groups excluding carboxylic acids is 1. The lowest BCUT2D eigenvalue weighted by molar-refractivity contribution is 0.0659. The van der Waals surface area contributed by atoms with Gasteiger partial charge in [0.15, 0.2) is 0 Å². The second kappa shape index (κ2) is 7.10. The Morgan fingerprint density at radius 1 is 1.15 bits per heavy atom. The third kappa shape index (κ3) is 3.20. The van der Waals surface area contributed by atoms with Gasteiger partial charge in [-0.3, -0.25) is 9.78 Å². The molecule has 4 heteroatoms. The molecule has 136 valence electrons. The average Bonchev–Trinajstić information content (AvgIpc) is 2.99. The fourth-order valence-electron chi connectivity index (χ4n) is 4.22. The highest BCUT2D eigenvalue weighted by Gasteiger charge is 2.34. The minimum Gasteiger partial charge on any atom is -0.497 e. The molecule has 26 heavy (non-hydrogen) atoms. The van der Waals surface area contributed by atoms with Gasteiger partial charge in [0.25, 0.3) is 5.91 Å². The standard InChI is InChI=1S/C22H26N2O2/c1-15-17(12-16-8-10-19(26-2)11-9-16)13-20-21(23-15)14-24(22(20)25)18-6-4-3-5-7-18/h8-11,13,18H,3-7,12,14H2,1-2H3. The Labute approximate surface area is 155 Å². The SMILES string of the molecule is COc1ccc(Cc2cc3c(nc2C)CN(C2CCCCC2)C3=O)cc1. The summed E-state index contributed by atoms with van der Waals surface area (Å²) in [4.78, 5) is 19.8. The topological polar surface area (TPSA) is 42.4 Å². The summed E-state index contributed by atoms with van der Waals surface area (Å²) in [6.45, 7) is 2.73. The molecule has 1 aliphatic heterocycles. The first kappa shape index (κ1) is 17.1. The van der Waals surface area contributed by atoms with Crippen LogP contribution in [0.5, 0.6) is 5.75 Å². The second-order valence-electron chi connectivity index (χ2n) is 7.48. The molecular formula is C22H26N2O2. The van der Waals surface area contributed by atoms with Gasteiger partial charge in [0.2, 0.25) is 0 Å². The number of methoxy groups -OCH3 is 1. The number of hydrogen-bond donors (Lipinski definition) is 0. The Hall–Kier alpha value is -2.36. The summed E-state index contributed by atoms with van der Waals surface area (Å²) in [6.07, 6.45) is 6.83. The molecule has 1 saturated carbocycles. The molecule has 0 radical (unpaired) electrons. The van der Waals surface area contributed by atoms with Crippen molar-refractivity contribution >= 4 is 5.91 Å². The van der Waals surface area contributed by atoms with Gasteiger partial charge in [-0.25, -0.2) is 0 Å². The van der Waals surface area contributed by atoms with Gasteiger partial charge < -0.3 is 9.64 Å². The molecule has 0 N–H and O–H groups in total. The number of nitrogens with zero attached hydrogens (tertiary/aromatic N) is 2. The van der Waals surface area contributed by atoms with E-state index in [1.54, 1.807) is 7.11 Å². The molecule has 1 aromatic carbocycles. The first-order valence-electron chi connectivity index (χ1n) is 9.59. The van der Waals surface area contributed by atoms with Crippen LogP contribution in [0.15, 0.2) is 30.3 Å². The predicted molar refractivity (Wildman–Crippen MR) is 102 cm³/mol. The summed E-state index contributed by atoms with van der Waals surface area (Å²) < 4.78 is 5.22. The Morgan fingerprint density at radius 2 is 1.88 bits per heavy atom. The quantitative estimate of drug-likeness (QED) is 0.827. The number of amides is 1. The Morgan fingerprint density at radius 3 is 2.58 bits per heavy atom. The number of aryl methyl sites for hydroxylation is 1. The summed E-state index contributed by atoms with van der Waals surface area (Å²) in [5, 5.41) is 0. The number of rotatable bonds is 4. The van der Waals surface area contributed by atoms with Crippen LogP contribution in [0.25, 0.3) is 0 Å². The summed E-state index contributed by atoms with van der Waals surface area (Å²) in [5.41, 5.74) is 5.12. The smallest absolute Gasteiger partial charge is 0.256 e. The molecule has 2 aliphatic rings. The van der Waals surface area contributed by atoms with Gasteiger partial charge in [0.1, 0.15) is 5.75 Å². The van der Waals surface area contributed by atoms with E-state index in [2.05, 4.69) is 23.1 Å². The van der Waals surface area contributed by atoms with Crippen molar-refractivity contribution in [2.45, 2.75) is 58.0 Å². The zero-order chi connectivity index (χ0) is 18.1. The third-order valence-corrected chi connectivity index (χ3v) is 5.78. The molecule has 1 aromatic heterocycles. The van der Waals surface area contributed by atoms with Crippen molar-refractivity contribution in [2.75, 3.05) is 7.11 Å². The summed E-state index contributed by atoms with van der Waals surface area (Å²) in [5.74, 6) is 1.03. The zero-order valence-corrected chi connectivity index (χ0v) is 15.6. The molecule has 0 unspecified atom stereocenters. The number of pyridine rings is 1. The van der Waals surface area contributed by atoms with Gasteiger partial charge in [-0.15, -0.1) is 0 Å². The lowest BCUT2D eigenvalue weighted by Crippen LogP contribution is -2.36. The van der Waals surface area contributed by atoms with E-state index in [0.29, 0.717) is 12.6 Å². The Balaban J connectivity index is 1.56. The van der Waals surface area contributed by atoms with Crippen LogP contribution in [0.3, 0.4) is 0 Å². The molecule has 4 rings (SSSR count). The van der Waals surface area contributed by atoms with Crippen molar-refractivity contribution in [3.8, 4) is 5.75 Å². The average molecular weight is 350 g/mol. The first-order chi connectivity index (χ1) is 12.7. The van der Waals surface area contributed by atoms with Crippen LogP contribution in [-0.4, -0.2) is 28.9 Å². The number of carbonyl (C=O) groups is 1. The lowest BCUT2D eigenvalue weighted by atomic mass is 9.94. The molecule has 2 aromatic rings. The van der Waals surface area contributed by atoms with E-state index in [9.17, 15) is 4.79 Å². The van der Waals surface area contributed by atoms with Crippen molar-refractivity contribution in [2.24, 2.45) is 0 Å². The highest BCUT2D eigenvalue weighted by Crippen LogP contribution is 2.31. The summed E-state index contributed by atoms with van der Waals surface area (Å²) in [7, 11) is 1.67. The molecule has 0 bridgehead atoms. The highest BCUT2D eigenvalue weighted by atomic mass is 16.5. The molecule has 1 aliphatic carbocycles. The van der Waals surface area contributed by atoms with E-state index in [1.165, 1.54) is 24.8 Å². The number of aromatic nitrogens is 1. The molecular weight excluding hydrogens is 324 g/mol. The zero-order valence-electron chi connectivity index (χ0n) is 15.6. The van der Waals surface area contributed by atoms with Crippen LogP contribution < -0.4 is 4.74 Å². The molecule has 0 spiro atoms. The predicted octanol–water partition coefficient (Wildman–Crippen LogP) is 4.28. The number of hydrogen-bond acceptors (Lipinski definition) is 3. The summed E-state index contributed by atoms with van der Waals surface area (Å²) >= 11 is 0.